The van der Waals surface area contributed by atoms with E-state index in [0.717, 1.165) is 8.26 Å². The van der Waals surface area contributed by atoms with Crippen LogP contribution in [0, 0.1) is 0 Å². The Morgan fingerprint density at radius 2 is 2.16 bits per heavy atom. The Kier molecular flexibility index (Phi) is 6.98. The van der Waals surface area contributed by atoms with Crippen LogP contribution in [0.15, 0.2) is 14.3 Å². The van der Waals surface area contributed by atoms with Gasteiger partial charge in [-0.3, -0.25) is 9.59 Å². The predicted octanol–water partition coefficient (Wildman–Crippen LogP) is 2.15. The van der Waals surface area contributed by atoms with E-state index in [0.29, 0.717) is 18.0 Å². The predicted molar refractivity (Wildman–Crippen MR) is 81.5 cm³/mol. The van der Waals surface area contributed by atoms with Crippen LogP contribution in [0.3, 0.4) is 0 Å². The lowest BCUT2D eigenvalue weighted by Crippen LogP contribution is -2.45. The van der Waals surface area contributed by atoms with E-state index in [1.54, 1.807) is 20.1 Å². The highest BCUT2D eigenvalue weighted by Crippen LogP contribution is 2.32. The normalized spacial score (nSPS) is 12.0. The fourth-order valence-electron chi connectivity index (χ4n) is 1.22. The number of nitrogens with one attached hydrogen (secondary N) is 2. The first-order valence-corrected chi connectivity index (χ1v) is 7.88. The second-order valence-electron chi connectivity index (χ2n) is 3.71. The fourth-order valence-corrected chi connectivity index (χ4v) is 3.16. The average molecular weight is 414 g/mol. The molecule has 1 rings (SSSR count). The lowest BCUT2D eigenvalue weighted by Gasteiger charge is -2.13. The largest absolute Gasteiger partial charge is 0.383 e. The van der Waals surface area contributed by atoms with Gasteiger partial charge >= 0.3 is 0 Å². The van der Waals surface area contributed by atoms with Crippen molar-refractivity contribution in [2.75, 3.05) is 20.3 Å². The molecule has 1 unspecified atom stereocenters. The monoisotopic (exact) mass is 412 g/mol. The Labute approximate surface area is 132 Å². The topological polar surface area (TPSA) is 67.4 Å². The molecule has 0 aromatic carbocycles. The molecular weight excluding hydrogens is 400 g/mol. The van der Waals surface area contributed by atoms with E-state index in [4.69, 9.17) is 4.74 Å². The van der Waals surface area contributed by atoms with Gasteiger partial charge in [-0.25, -0.2) is 0 Å². The molecule has 5 nitrogen and oxygen atoms in total. The summed E-state index contributed by atoms with van der Waals surface area (Å²) in [6.07, 6.45) is 0. The molecule has 2 amide bonds. The molecule has 19 heavy (non-hydrogen) atoms. The Balaban J connectivity index is 2.49. The second kappa shape index (κ2) is 7.98. The van der Waals surface area contributed by atoms with Gasteiger partial charge in [-0.1, -0.05) is 0 Å². The maximum atomic E-state index is 11.9. The van der Waals surface area contributed by atoms with E-state index in [9.17, 15) is 9.59 Å². The number of methoxy groups -OCH3 is 1. The highest BCUT2D eigenvalue weighted by molar-refractivity contribution is 9.13. The summed E-state index contributed by atoms with van der Waals surface area (Å²) in [6.45, 7) is 2.50. The molecule has 0 spiro atoms. The molecule has 1 aromatic rings. The number of amides is 2. The number of carbonyl (C=O) groups excluding carboxylic acids is 2. The smallest absolute Gasteiger partial charge is 0.262 e. The molecule has 0 saturated heterocycles. The molecule has 1 aromatic heterocycles. The van der Waals surface area contributed by atoms with Gasteiger partial charge in [0.25, 0.3) is 5.91 Å². The SMILES string of the molecule is COCCNC(=O)C(C)NC(=O)c1cc(Br)c(Br)s1. The lowest BCUT2D eigenvalue weighted by molar-refractivity contribution is -0.122. The molecular formula is C11H14Br2N2O3S. The number of rotatable bonds is 6. The van der Waals surface area contributed by atoms with Crippen molar-refractivity contribution in [2.24, 2.45) is 0 Å². The molecule has 0 aliphatic heterocycles. The van der Waals surface area contributed by atoms with Crippen molar-refractivity contribution in [1.29, 1.82) is 0 Å². The molecule has 106 valence electrons. The minimum atomic E-state index is -0.594. The van der Waals surface area contributed by atoms with Crippen LogP contribution >= 0.6 is 43.2 Å². The summed E-state index contributed by atoms with van der Waals surface area (Å²) in [5, 5.41) is 5.30. The van der Waals surface area contributed by atoms with Crippen molar-refractivity contribution < 1.29 is 14.3 Å². The molecule has 0 saturated carbocycles. The molecule has 2 N–H and O–H groups in total. The molecule has 0 bridgehead atoms. The molecule has 0 radical (unpaired) electrons. The van der Waals surface area contributed by atoms with Crippen LogP contribution in [0.4, 0.5) is 0 Å². The first-order chi connectivity index (χ1) is 8.95. The molecule has 1 heterocycles. The van der Waals surface area contributed by atoms with Gasteiger partial charge in [-0.15, -0.1) is 11.3 Å². The van der Waals surface area contributed by atoms with Gasteiger partial charge in [-0.05, 0) is 44.8 Å². The molecule has 0 fully saturated rings. The first kappa shape index (κ1) is 16.6. The molecule has 8 heteroatoms. The van der Waals surface area contributed by atoms with Gasteiger partial charge in [0.2, 0.25) is 5.91 Å². The van der Waals surface area contributed by atoms with Crippen LogP contribution in [0.2, 0.25) is 0 Å². The van der Waals surface area contributed by atoms with Crippen molar-refractivity contribution in [2.45, 2.75) is 13.0 Å². The zero-order valence-electron chi connectivity index (χ0n) is 10.5. The van der Waals surface area contributed by atoms with E-state index in [2.05, 4.69) is 42.5 Å². The third kappa shape index (κ3) is 5.21. The maximum Gasteiger partial charge on any atom is 0.262 e. The third-order valence-corrected chi connectivity index (χ3v) is 5.47. The molecule has 1 atom stereocenters. The Bertz CT molecular complexity index is 445. The van der Waals surface area contributed by atoms with E-state index < -0.39 is 6.04 Å². The van der Waals surface area contributed by atoms with E-state index in [1.165, 1.54) is 11.3 Å². The summed E-state index contributed by atoms with van der Waals surface area (Å²) in [5.41, 5.74) is 0. The highest BCUT2D eigenvalue weighted by atomic mass is 79.9. The van der Waals surface area contributed by atoms with Crippen molar-refractivity contribution in [3.63, 3.8) is 0 Å². The van der Waals surface area contributed by atoms with Crippen molar-refractivity contribution in [3.05, 3.63) is 19.2 Å². The Hall–Kier alpha value is -0.440. The first-order valence-electron chi connectivity index (χ1n) is 5.48. The van der Waals surface area contributed by atoms with Gasteiger partial charge in [0, 0.05) is 18.1 Å². The number of ether oxygens (including phenoxy) is 1. The summed E-state index contributed by atoms with van der Waals surface area (Å²) in [6, 6.07) is 1.11. The number of hydrogen-bond donors (Lipinski definition) is 2. The van der Waals surface area contributed by atoms with Gasteiger partial charge < -0.3 is 15.4 Å². The minimum Gasteiger partial charge on any atom is -0.383 e. The summed E-state index contributed by atoms with van der Waals surface area (Å²) in [7, 11) is 1.56. The zero-order valence-corrected chi connectivity index (χ0v) is 14.4. The zero-order chi connectivity index (χ0) is 14.4. The van der Waals surface area contributed by atoms with Crippen LogP contribution in [0.5, 0.6) is 0 Å². The van der Waals surface area contributed by atoms with Crippen LogP contribution in [0.25, 0.3) is 0 Å². The van der Waals surface area contributed by atoms with Crippen LogP contribution in [-0.2, 0) is 9.53 Å². The van der Waals surface area contributed by atoms with Crippen LogP contribution < -0.4 is 10.6 Å². The molecule has 0 aliphatic carbocycles. The van der Waals surface area contributed by atoms with Gasteiger partial charge in [0.1, 0.15) is 6.04 Å². The Morgan fingerprint density at radius 1 is 1.47 bits per heavy atom. The number of carbonyl (C=O) groups is 2. The summed E-state index contributed by atoms with van der Waals surface area (Å²) in [5.74, 6) is -0.508. The maximum absolute atomic E-state index is 11.9. The van der Waals surface area contributed by atoms with E-state index >= 15 is 0 Å². The number of thiophene rings is 1. The van der Waals surface area contributed by atoms with Crippen molar-refractivity contribution in [1.82, 2.24) is 10.6 Å². The fraction of sp³-hybridized carbons (Fsp3) is 0.455. The summed E-state index contributed by atoms with van der Waals surface area (Å²) < 4.78 is 6.49. The Morgan fingerprint density at radius 3 is 2.68 bits per heavy atom. The quantitative estimate of drug-likeness (QED) is 0.702. The van der Waals surface area contributed by atoms with E-state index in [-0.39, 0.29) is 11.8 Å². The van der Waals surface area contributed by atoms with E-state index in [1.807, 2.05) is 0 Å². The van der Waals surface area contributed by atoms with Crippen LogP contribution in [-0.4, -0.2) is 38.1 Å². The second-order valence-corrected chi connectivity index (χ2v) is 6.94. The van der Waals surface area contributed by atoms with Crippen molar-refractivity contribution >= 4 is 55.0 Å². The average Bonchev–Trinajstić information content (AvgIpc) is 2.70. The van der Waals surface area contributed by atoms with Gasteiger partial charge in [0.15, 0.2) is 0 Å². The standard InChI is InChI=1S/C11H14Br2N2O3S/c1-6(10(16)14-3-4-18-2)15-11(17)8-5-7(12)9(13)19-8/h5-6H,3-4H2,1-2H3,(H,14,16)(H,15,17). The summed E-state index contributed by atoms with van der Waals surface area (Å²) in [4.78, 5) is 24.1. The third-order valence-electron chi connectivity index (χ3n) is 2.22. The van der Waals surface area contributed by atoms with Gasteiger partial charge in [-0.2, -0.15) is 0 Å². The number of halogens is 2. The van der Waals surface area contributed by atoms with Gasteiger partial charge in [0.05, 0.1) is 15.3 Å². The highest BCUT2D eigenvalue weighted by Gasteiger charge is 2.18. The lowest BCUT2D eigenvalue weighted by atomic mass is 10.3. The molecule has 0 aliphatic rings. The number of hydrogen-bond acceptors (Lipinski definition) is 4. The van der Waals surface area contributed by atoms with Crippen LogP contribution in [0.1, 0.15) is 16.6 Å². The summed E-state index contributed by atoms with van der Waals surface area (Å²) >= 11 is 7.94. The minimum absolute atomic E-state index is 0.236. The van der Waals surface area contributed by atoms with Crippen molar-refractivity contribution in [3.8, 4) is 0 Å².